The average Bonchev–Trinajstić information content (AvgIpc) is 2.03. The molecule has 11 heavy (non-hydrogen) atoms. The number of anilines is 1. The number of thioether (sulfide) groups is 1. The lowest BCUT2D eigenvalue weighted by Gasteiger charge is -2.00. The molecule has 58 valence electrons. The molecule has 1 N–H and O–H groups in total. The topological polar surface area (TPSA) is 37.8 Å². The molecule has 6 heteroatoms. The smallest absolute Gasteiger partial charge is 0.215 e. The first-order valence-electron chi connectivity index (χ1n) is 3.02. The molecule has 1 aromatic rings. The number of halogens is 1. The van der Waals surface area contributed by atoms with Crippen molar-refractivity contribution in [3.63, 3.8) is 0 Å². The van der Waals surface area contributed by atoms with Crippen molar-refractivity contribution in [3.8, 4) is 0 Å². The van der Waals surface area contributed by atoms with E-state index in [9.17, 15) is 0 Å². The lowest BCUT2D eigenvalue weighted by atomic mass is 10.4. The zero-order chi connectivity index (χ0) is 8.27. The Morgan fingerprint density at radius 3 is 2.91 bits per heavy atom. The van der Waals surface area contributed by atoms with Gasteiger partial charge in [0.05, 0.1) is 0 Å². The third kappa shape index (κ3) is 2.27. The van der Waals surface area contributed by atoms with Crippen LogP contribution in [0.4, 0.5) is 5.82 Å². The second-order valence-corrected chi connectivity index (χ2v) is 2.97. The first-order chi connectivity index (χ1) is 5.26. The summed E-state index contributed by atoms with van der Waals surface area (Å²) in [6.07, 6.45) is 1.91. The maximum absolute atomic E-state index is 5.70. The molecule has 0 aromatic carbocycles. The van der Waals surface area contributed by atoms with Crippen molar-refractivity contribution < 1.29 is 0 Å². The van der Waals surface area contributed by atoms with Gasteiger partial charge in [-0.1, -0.05) is 23.4 Å². The third-order valence-corrected chi connectivity index (χ3v) is 1.85. The number of aromatic nitrogens is 2. The Labute approximate surface area is 75.4 Å². The van der Waals surface area contributed by atoms with Gasteiger partial charge in [-0.3, -0.25) is 0 Å². The fraction of sp³-hybridized carbons (Fsp3) is 0.200. The zero-order valence-electron chi connectivity index (χ0n) is 6.26. The SMILES string of the molecule is BNc1cc(Cl)nc(SC)n1. The highest BCUT2D eigenvalue weighted by atomic mass is 35.5. The number of nitrogens with one attached hydrogen (secondary N) is 1. The Balaban J connectivity index is 3.02. The summed E-state index contributed by atoms with van der Waals surface area (Å²) in [5, 5.41) is 4.04. The Bertz CT molecular complexity index is 235. The molecule has 0 aliphatic heterocycles. The van der Waals surface area contributed by atoms with E-state index in [1.807, 2.05) is 6.26 Å². The van der Waals surface area contributed by atoms with Gasteiger partial charge in [-0.15, -0.1) is 0 Å². The van der Waals surface area contributed by atoms with Gasteiger partial charge >= 0.3 is 0 Å². The van der Waals surface area contributed by atoms with E-state index in [4.69, 9.17) is 11.6 Å². The van der Waals surface area contributed by atoms with Gasteiger partial charge in [0, 0.05) is 6.07 Å². The Morgan fingerprint density at radius 1 is 1.64 bits per heavy atom. The second-order valence-electron chi connectivity index (χ2n) is 1.81. The third-order valence-electron chi connectivity index (χ3n) is 1.11. The van der Waals surface area contributed by atoms with Crippen LogP contribution in [0, 0.1) is 0 Å². The van der Waals surface area contributed by atoms with Gasteiger partial charge in [-0.25, -0.2) is 9.97 Å². The quantitative estimate of drug-likeness (QED) is 0.322. The van der Waals surface area contributed by atoms with Crippen LogP contribution in [0.2, 0.25) is 5.15 Å². The van der Waals surface area contributed by atoms with Crippen LogP contribution < -0.4 is 5.23 Å². The zero-order valence-corrected chi connectivity index (χ0v) is 7.83. The van der Waals surface area contributed by atoms with Crippen molar-refractivity contribution >= 4 is 37.2 Å². The van der Waals surface area contributed by atoms with Crippen LogP contribution in [0.25, 0.3) is 0 Å². The first-order valence-corrected chi connectivity index (χ1v) is 4.63. The van der Waals surface area contributed by atoms with Crippen LogP contribution in [-0.2, 0) is 0 Å². The molecule has 0 spiro atoms. The standard InChI is InChI=1S/C5H7BClN3S/c1-11-5-8-3(7)2-4(9-5)10-6/h2H,6H2,1H3,(H,8,9,10). The molecular formula is C5H7BClN3S. The highest BCUT2D eigenvalue weighted by Crippen LogP contribution is 2.16. The molecular weight excluding hydrogens is 180 g/mol. The summed E-state index contributed by atoms with van der Waals surface area (Å²) in [5.41, 5.74) is 0. The molecule has 3 nitrogen and oxygen atoms in total. The highest BCUT2D eigenvalue weighted by molar-refractivity contribution is 7.98. The molecule has 0 fully saturated rings. The molecule has 0 unspecified atom stereocenters. The van der Waals surface area contributed by atoms with Crippen molar-refractivity contribution in [3.05, 3.63) is 11.2 Å². The molecule has 0 amide bonds. The maximum atomic E-state index is 5.70. The molecule has 0 saturated carbocycles. The van der Waals surface area contributed by atoms with Crippen LogP contribution in [0.1, 0.15) is 0 Å². The Morgan fingerprint density at radius 2 is 2.36 bits per heavy atom. The van der Waals surface area contributed by atoms with Crippen LogP contribution in [-0.4, -0.2) is 24.2 Å². The van der Waals surface area contributed by atoms with Crippen LogP contribution in [0.5, 0.6) is 0 Å². The summed E-state index contributed by atoms with van der Waals surface area (Å²) >= 11 is 7.17. The van der Waals surface area contributed by atoms with Crippen molar-refractivity contribution in [1.29, 1.82) is 0 Å². The van der Waals surface area contributed by atoms with E-state index >= 15 is 0 Å². The molecule has 1 rings (SSSR count). The van der Waals surface area contributed by atoms with Crippen LogP contribution >= 0.6 is 23.4 Å². The number of rotatable bonds is 2. The number of hydrogen-bond acceptors (Lipinski definition) is 4. The molecule has 0 aliphatic rings. The van der Waals surface area contributed by atoms with Gasteiger partial charge in [0.25, 0.3) is 0 Å². The minimum atomic E-state index is 0.466. The largest absolute Gasteiger partial charge is 0.419 e. The van der Waals surface area contributed by atoms with E-state index in [-0.39, 0.29) is 0 Å². The molecule has 0 atom stereocenters. The van der Waals surface area contributed by atoms with E-state index in [1.165, 1.54) is 11.8 Å². The van der Waals surface area contributed by atoms with E-state index < -0.39 is 0 Å². The summed E-state index contributed by atoms with van der Waals surface area (Å²) in [7, 11) is 1.79. The molecule has 0 bridgehead atoms. The van der Waals surface area contributed by atoms with E-state index in [0.29, 0.717) is 10.3 Å². The molecule has 1 aromatic heterocycles. The Kier molecular flexibility index (Phi) is 3.02. The van der Waals surface area contributed by atoms with Crippen molar-refractivity contribution in [1.82, 2.24) is 9.97 Å². The summed E-state index contributed by atoms with van der Waals surface area (Å²) in [6, 6.07) is 1.68. The van der Waals surface area contributed by atoms with Gasteiger partial charge in [0.1, 0.15) is 11.0 Å². The number of nitrogens with zero attached hydrogens (tertiary/aromatic N) is 2. The van der Waals surface area contributed by atoms with E-state index in [2.05, 4.69) is 15.2 Å². The van der Waals surface area contributed by atoms with Gasteiger partial charge < -0.3 is 5.23 Å². The maximum Gasteiger partial charge on any atom is 0.215 e. The second kappa shape index (κ2) is 3.83. The van der Waals surface area contributed by atoms with Gasteiger partial charge in [-0.05, 0) is 6.26 Å². The summed E-state index contributed by atoms with van der Waals surface area (Å²) in [6.45, 7) is 0. The molecule has 1 heterocycles. The van der Waals surface area contributed by atoms with Crippen LogP contribution in [0.15, 0.2) is 11.2 Å². The molecule has 0 radical (unpaired) electrons. The van der Waals surface area contributed by atoms with Gasteiger partial charge in [0.15, 0.2) is 5.16 Å². The lowest BCUT2D eigenvalue weighted by Crippen LogP contribution is -1.96. The average molecular weight is 187 g/mol. The first kappa shape index (κ1) is 8.68. The highest BCUT2D eigenvalue weighted by Gasteiger charge is 1.98. The predicted molar refractivity (Wildman–Crippen MR) is 51.0 cm³/mol. The van der Waals surface area contributed by atoms with Gasteiger partial charge in [0.2, 0.25) is 7.98 Å². The van der Waals surface area contributed by atoms with Crippen molar-refractivity contribution in [2.75, 3.05) is 11.5 Å². The van der Waals surface area contributed by atoms with Gasteiger partial charge in [-0.2, -0.15) is 0 Å². The monoisotopic (exact) mass is 187 g/mol. The Hall–Kier alpha value is -0.415. The van der Waals surface area contributed by atoms with E-state index in [0.717, 1.165) is 5.82 Å². The predicted octanol–water partition coefficient (Wildman–Crippen LogP) is 0.812. The minimum absolute atomic E-state index is 0.466. The van der Waals surface area contributed by atoms with Crippen molar-refractivity contribution in [2.45, 2.75) is 5.16 Å². The van der Waals surface area contributed by atoms with E-state index in [1.54, 1.807) is 14.0 Å². The lowest BCUT2D eigenvalue weighted by molar-refractivity contribution is 0.979. The minimum Gasteiger partial charge on any atom is -0.419 e. The van der Waals surface area contributed by atoms with Crippen molar-refractivity contribution in [2.24, 2.45) is 0 Å². The fourth-order valence-corrected chi connectivity index (χ4v) is 1.23. The normalized spacial score (nSPS) is 9.64. The fourth-order valence-electron chi connectivity index (χ4n) is 0.616. The summed E-state index contributed by atoms with van der Waals surface area (Å²) < 4.78 is 0. The molecule has 0 aliphatic carbocycles. The summed E-state index contributed by atoms with van der Waals surface area (Å²) in [4.78, 5) is 8.10. The molecule has 0 saturated heterocycles. The van der Waals surface area contributed by atoms with Crippen LogP contribution in [0.3, 0.4) is 0 Å². The number of hydrogen-bond donors (Lipinski definition) is 1. The summed E-state index contributed by atoms with van der Waals surface area (Å²) in [5.74, 6) is 0.745.